The van der Waals surface area contributed by atoms with E-state index < -0.39 is 0 Å². The van der Waals surface area contributed by atoms with Gasteiger partial charge in [-0.2, -0.15) is 0 Å². The first-order valence-corrected chi connectivity index (χ1v) is 6.59. The van der Waals surface area contributed by atoms with Crippen molar-refractivity contribution in [3.8, 4) is 0 Å². The van der Waals surface area contributed by atoms with Crippen LogP contribution in [0.3, 0.4) is 0 Å². The van der Waals surface area contributed by atoms with Crippen LogP contribution < -0.4 is 5.32 Å². The summed E-state index contributed by atoms with van der Waals surface area (Å²) in [6.07, 6.45) is 4.64. The molecule has 94 valence electrons. The van der Waals surface area contributed by atoms with E-state index in [0.717, 1.165) is 26.2 Å². The molecule has 2 aliphatic rings. The molecule has 3 heteroatoms. The average molecular weight is 227 g/mol. The molecule has 3 nitrogen and oxygen atoms in total. The van der Waals surface area contributed by atoms with Crippen LogP contribution in [-0.4, -0.2) is 37.0 Å². The molecule has 0 spiro atoms. The number of rotatable bonds is 4. The van der Waals surface area contributed by atoms with Gasteiger partial charge in [0.2, 0.25) is 0 Å². The van der Waals surface area contributed by atoms with E-state index in [4.69, 9.17) is 4.74 Å². The van der Waals surface area contributed by atoms with Crippen LogP contribution in [0.5, 0.6) is 0 Å². The van der Waals surface area contributed by atoms with Crippen molar-refractivity contribution < 1.29 is 9.84 Å². The van der Waals surface area contributed by atoms with Crippen LogP contribution in [0.1, 0.15) is 39.5 Å². The van der Waals surface area contributed by atoms with Crippen molar-refractivity contribution in [3.63, 3.8) is 0 Å². The fourth-order valence-corrected chi connectivity index (χ4v) is 2.99. The minimum atomic E-state index is -0.237. The zero-order valence-electron chi connectivity index (χ0n) is 10.5. The smallest absolute Gasteiger partial charge is 0.0715 e. The quantitative estimate of drug-likeness (QED) is 0.765. The summed E-state index contributed by atoms with van der Waals surface area (Å²) in [5.74, 6) is 0.344. The second-order valence-corrected chi connectivity index (χ2v) is 6.03. The third-order valence-electron chi connectivity index (χ3n) is 4.34. The van der Waals surface area contributed by atoms with E-state index in [0.29, 0.717) is 17.4 Å². The summed E-state index contributed by atoms with van der Waals surface area (Å²) in [6.45, 7) is 6.92. The molecule has 16 heavy (non-hydrogen) atoms. The molecule has 3 unspecified atom stereocenters. The molecule has 1 heterocycles. The molecule has 1 saturated carbocycles. The fraction of sp³-hybridized carbons (Fsp3) is 1.00. The fourth-order valence-electron chi connectivity index (χ4n) is 2.99. The van der Waals surface area contributed by atoms with Gasteiger partial charge in [-0.05, 0) is 24.7 Å². The molecular weight excluding hydrogens is 202 g/mol. The first-order chi connectivity index (χ1) is 7.59. The van der Waals surface area contributed by atoms with Crippen molar-refractivity contribution in [2.75, 3.05) is 19.8 Å². The van der Waals surface area contributed by atoms with Gasteiger partial charge in [0, 0.05) is 25.1 Å². The van der Waals surface area contributed by atoms with Crippen LogP contribution in [0.2, 0.25) is 0 Å². The largest absolute Gasteiger partial charge is 0.391 e. The monoisotopic (exact) mass is 227 g/mol. The summed E-state index contributed by atoms with van der Waals surface area (Å²) in [5.41, 5.74) is 0.395. The van der Waals surface area contributed by atoms with Gasteiger partial charge in [0.15, 0.2) is 0 Å². The molecule has 3 atom stereocenters. The Labute approximate surface area is 98.6 Å². The number of hydrogen-bond donors (Lipinski definition) is 2. The minimum Gasteiger partial charge on any atom is -0.391 e. The number of hydrogen-bond acceptors (Lipinski definition) is 3. The zero-order chi connectivity index (χ0) is 11.6. The SMILES string of the molecule is CC1(C)CCCC1NCC(O)C1CCOC1. The molecule has 0 aromatic rings. The van der Waals surface area contributed by atoms with Crippen LogP contribution in [0.4, 0.5) is 0 Å². The average Bonchev–Trinajstić information content (AvgIpc) is 2.83. The lowest BCUT2D eigenvalue weighted by Crippen LogP contribution is -2.43. The van der Waals surface area contributed by atoms with Crippen molar-refractivity contribution in [1.29, 1.82) is 0 Å². The van der Waals surface area contributed by atoms with Gasteiger partial charge in [-0.15, -0.1) is 0 Å². The zero-order valence-corrected chi connectivity index (χ0v) is 10.5. The van der Waals surface area contributed by atoms with Gasteiger partial charge in [0.25, 0.3) is 0 Å². The Kier molecular flexibility index (Phi) is 3.88. The van der Waals surface area contributed by atoms with Gasteiger partial charge >= 0.3 is 0 Å². The molecule has 0 radical (unpaired) electrons. The Hall–Kier alpha value is -0.120. The summed E-state index contributed by atoms with van der Waals surface area (Å²) in [6, 6.07) is 0.574. The summed E-state index contributed by atoms with van der Waals surface area (Å²) >= 11 is 0. The molecular formula is C13H25NO2. The highest BCUT2D eigenvalue weighted by atomic mass is 16.5. The maximum absolute atomic E-state index is 10.0. The van der Waals surface area contributed by atoms with E-state index in [-0.39, 0.29) is 6.10 Å². The van der Waals surface area contributed by atoms with Crippen molar-refractivity contribution in [2.45, 2.75) is 51.7 Å². The summed E-state index contributed by atoms with van der Waals surface area (Å²) < 4.78 is 5.30. The molecule has 1 aliphatic carbocycles. The normalized spacial score (nSPS) is 35.4. The second-order valence-electron chi connectivity index (χ2n) is 6.03. The Morgan fingerprint density at radius 1 is 1.44 bits per heavy atom. The maximum atomic E-state index is 10.0. The van der Waals surface area contributed by atoms with Gasteiger partial charge in [0.05, 0.1) is 12.7 Å². The third-order valence-corrected chi connectivity index (χ3v) is 4.34. The molecule has 2 N–H and O–H groups in total. The van der Waals surface area contributed by atoms with Crippen molar-refractivity contribution in [3.05, 3.63) is 0 Å². The van der Waals surface area contributed by atoms with Gasteiger partial charge in [-0.3, -0.25) is 0 Å². The summed E-state index contributed by atoms with van der Waals surface area (Å²) in [4.78, 5) is 0. The van der Waals surface area contributed by atoms with Crippen LogP contribution in [-0.2, 0) is 4.74 Å². The van der Waals surface area contributed by atoms with Gasteiger partial charge < -0.3 is 15.2 Å². The number of aliphatic hydroxyl groups is 1. The van der Waals surface area contributed by atoms with Crippen LogP contribution >= 0.6 is 0 Å². The Morgan fingerprint density at radius 3 is 2.81 bits per heavy atom. The molecule has 2 fully saturated rings. The Bertz CT molecular complexity index is 224. The second kappa shape index (κ2) is 5.03. The van der Waals surface area contributed by atoms with E-state index in [1.54, 1.807) is 0 Å². The molecule has 1 saturated heterocycles. The Morgan fingerprint density at radius 2 is 2.25 bits per heavy atom. The Balaban J connectivity index is 1.74. The molecule has 0 aromatic heterocycles. The lowest BCUT2D eigenvalue weighted by molar-refractivity contribution is 0.0844. The van der Waals surface area contributed by atoms with E-state index in [1.807, 2.05) is 0 Å². The highest BCUT2D eigenvalue weighted by Crippen LogP contribution is 2.37. The number of nitrogens with one attached hydrogen (secondary N) is 1. The molecule has 0 amide bonds. The molecule has 2 rings (SSSR count). The van der Waals surface area contributed by atoms with Crippen molar-refractivity contribution in [2.24, 2.45) is 11.3 Å². The van der Waals surface area contributed by atoms with Crippen molar-refractivity contribution >= 4 is 0 Å². The van der Waals surface area contributed by atoms with E-state index >= 15 is 0 Å². The molecule has 0 aromatic carbocycles. The van der Waals surface area contributed by atoms with E-state index in [1.165, 1.54) is 19.3 Å². The minimum absolute atomic E-state index is 0.237. The lowest BCUT2D eigenvalue weighted by atomic mass is 9.87. The highest BCUT2D eigenvalue weighted by molar-refractivity contribution is 4.91. The van der Waals surface area contributed by atoms with Crippen LogP contribution in [0.15, 0.2) is 0 Å². The van der Waals surface area contributed by atoms with Gasteiger partial charge in [0.1, 0.15) is 0 Å². The van der Waals surface area contributed by atoms with Crippen LogP contribution in [0, 0.1) is 11.3 Å². The summed E-state index contributed by atoms with van der Waals surface area (Å²) in [5, 5.41) is 13.6. The van der Waals surface area contributed by atoms with E-state index in [2.05, 4.69) is 19.2 Å². The first kappa shape index (κ1) is 12.3. The van der Waals surface area contributed by atoms with Gasteiger partial charge in [-0.25, -0.2) is 0 Å². The number of aliphatic hydroxyl groups excluding tert-OH is 1. The third kappa shape index (κ3) is 2.76. The van der Waals surface area contributed by atoms with Crippen LogP contribution in [0.25, 0.3) is 0 Å². The number of ether oxygens (including phenoxy) is 1. The van der Waals surface area contributed by atoms with Crippen molar-refractivity contribution in [1.82, 2.24) is 5.32 Å². The predicted octanol–water partition coefficient (Wildman–Crippen LogP) is 1.55. The first-order valence-electron chi connectivity index (χ1n) is 6.59. The van der Waals surface area contributed by atoms with E-state index in [9.17, 15) is 5.11 Å². The van der Waals surface area contributed by atoms with Gasteiger partial charge in [-0.1, -0.05) is 20.3 Å². The maximum Gasteiger partial charge on any atom is 0.0715 e. The molecule has 1 aliphatic heterocycles. The molecule has 0 bridgehead atoms. The standard InChI is InChI=1S/C13H25NO2/c1-13(2)6-3-4-12(13)14-8-11(15)10-5-7-16-9-10/h10-12,14-15H,3-9H2,1-2H3. The topological polar surface area (TPSA) is 41.5 Å². The highest BCUT2D eigenvalue weighted by Gasteiger charge is 2.34. The summed E-state index contributed by atoms with van der Waals surface area (Å²) in [7, 11) is 0. The predicted molar refractivity (Wildman–Crippen MR) is 64.4 cm³/mol. The lowest BCUT2D eigenvalue weighted by Gasteiger charge is -2.29.